The Morgan fingerprint density at radius 3 is 1.69 bits per heavy atom. The third-order valence-electron chi connectivity index (χ3n) is 1.85. The predicted molar refractivity (Wildman–Crippen MR) is 45.6 cm³/mol. The molecule has 0 aliphatic rings. The number of halogens is 6. The topological polar surface area (TPSA) is 17.1 Å². The summed E-state index contributed by atoms with van der Waals surface area (Å²) in [6.07, 6.45) is -0.629. The van der Waals surface area contributed by atoms with E-state index in [0.717, 1.165) is 0 Å². The van der Waals surface area contributed by atoms with Gasteiger partial charge in [0.05, 0.1) is 5.38 Å². The first-order valence-electron chi connectivity index (χ1n) is 3.99. The summed E-state index contributed by atoms with van der Waals surface area (Å²) in [6.45, 7) is 0. The SMILES string of the molecule is O=CC(Cl)Cc1c(F)c(F)c(F)c(F)c1F. The largest absolute Gasteiger partial charge is 0.302 e. The minimum atomic E-state index is -2.24. The normalized spacial score (nSPS) is 12.6. The molecule has 0 saturated carbocycles. The Bertz CT molecular complexity index is 405. The quantitative estimate of drug-likeness (QED) is 0.268. The van der Waals surface area contributed by atoms with Gasteiger partial charge in [0, 0.05) is 12.0 Å². The van der Waals surface area contributed by atoms with E-state index in [9.17, 15) is 26.7 Å². The lowest BCUT2D eigenvalue weighted by Gasteiger charge is -2.08. The van der Waals surface area contributed by atoms with Crippen LogP contribution in [0.3, 0.4) is 0 Å². The standard InChI is InChI=1S/C9H4ClF5O/c10-3(2-16)1-4-5(11)7(13)9(15)8(14)6(4)12/h2-3H,1H2. The second-order valence-corrected chi connectivity index (χ2v) is 3.47. The van der Waals surface area contributed by atoms with Crippen molar-refractivity contribution in [1.29, 1.82) is 0 Å². The van der Waals surface area contributed by atoms with E-state index in [1.165, 1.54) is 0 Å². The average molecular weight is 259 g/mol. The van der Waals surface area contributed by atoms with Crippen molar-refractivity contribution in [2.45, 2.75) is 11.8 Å². The minimum absolute atomic E-state index is 0.138. The zero-order valence-electron chi connectivity index (χ0n) is 7.54. The van der Waals surface area contributed by atoms with Gasteiger partial charge >= 0.3 is 0 Å². The Balaban J connectivity index is 3.33. The van der Waals surface area contributed by atoms with Gasteiger partial charge in [0.15, 0.2) is 23.3 Å². The molecule has 1 unspecified atom stereocenters. The molecule has 0 aliphatic heterocycles. The van der Waals surface area contributed by atoms with Gasteiger partial charge in [-0.05, 0) is 0 Å². The van der Waals surface area contributed by atoms with Crippen molar-refractivity contribution >= 4 is 17.9 Å². The average Bonchev–Trinajstić information content (AvgIpc) is 2.29. The molecule has 0 spiro atoms. The molecular formula is C9H4ClF5O. The molecular weight excluding hydrogens is 255 g/mol. The second kappa shape index (κ2) is 4.78. The van der Waals surface area contributed by atoms with E-state index < -0.39 is 46.4 Å². The van der Waals surface area contributed by atoms with Gasteiger partial charge in [0.1, 0.15) is 6.29 Å². The van der Waals surface area contributed by atoms with E-state index in [1.807, 2.05) is 0 Å². The lowest BCUT2D eigenvalue weighted by molar-refractivity contribution is -0.107. The molecule has 1 atom stereocenters. The summed E-state index contributed by atoms with van der Waals surface area (Å²) in [7, 11) is 0. The van der Waals surface area contributed by atoms with Gasteiger partial charge in [-0.15, -0.1) is 11.6 Å². The molecule has 1 aromatic carbocycles. The van der Waals surface area contributed by atoms with Gasteiger partial charge in [0.25, 0.3) is 0 Å². The summed E-state index contributed by atoms with van der Waals surface area (Å²) in [4.78, 5) is 10.1. The van der Waals surface area contributed by atoms with Crippen molar-refractivity contribution in [3.63, 3.8) is 0 Å². The molecule has 0 N–H and O–H groups in total. The molecule has 0 saturated heterocycles. The summed E-state index contributed by atoms with van der Waals surface area (Å²) >= 11 is 5.25. The molecule has 0 bridgehead atoms. The fourth-order valence-electron chi connectivity index (χ4n) is 1.07. The van der Waals surface area contributed by atoms with Crippen LogP contribution in [-0.4, -0.2) is 11.7 Å². The highest BCUT2D eigenvalue weighted by atomic mass is 35.5. The molecule has 7 heteroatoms. The van der Waals surface area contributed by atoms with E-state index in [2.05, 4.69) is 0 Å². The smallest absolute Gasteiger partial charge is 0.200 e. The highest BCUT2D eigenvalue weighted by Gasteiger charge is 2.26. The fraction of sp³-hybridized carbons (Fsp3) is 0.222. The van der Waals surface area contributed by atoms with Crippen molar-refractivity contribution in [2.75, 3.05) is 0 Å². The van der Waals surface area contributed by atoms with Crippen molar-refractivity contribution in [2.24, 2.45) is 0 Å². The van der Waals surface area contributed by atoms with Crippen LogP contribution < -0.4 is 0 Å². The maximum absolute atomic E-state index is 13.0. The van der Waals surface area contributed by atoms with Crippen LogP contribution in [0.1, 0.15) is 5.56 Å². The van der Waals surface area contributed by atoms with E-state index >= 15 is 0 Å². The number of carbonyl (C=O) groups is 1. The maximum Gasteiger partial charge on any atom is 0.200 e. The maximum atomic E-state index is 13.0. The van der Waals surface area contributed by atoms with Crippen LogP contribution in [0.15, 0.2) is 0 Å². The molecule has 0 heterocycles. The molecule has 1 rings (SSSR count). The summed E-state index contributed by atoms with van der Waals surface area (Å²) in [6, 6.07) is 0. The van der Waals surface area contributed by atoms with Crippen molar-refractivity contribution in [3.05, 3.63) is 34.6 Å². The number of rotatable bonds is 3. The Labute approximate surface area is 91.8 Å². The summed E-state index contributed by atoms with van der Waals surface area (Å²) in [5.74, 6) is -10.3. The number of alkyl halides is 1. The Kier molecular flexibility index (Phi) is 3.85. The first kappa shape index (κ1) is 12.9. The van der Waals surface area contributed by atoms with Crippen LogP contribution in [-0.2, 0) is 11.2 Å². The number of hydrogen-bond acceptors (Lipinski definition) is 1. The van der Waals surface area contributed by atoms with E-state index in [4.69, 9.17) is 11.6 Å². The summed E-state index contributed by atoms with van der Waals surface area (Å²) < 4.78 is 63.9. The Hall–Kier alpha value is -1.17. The van der Waals surface area contributed by atoms with Crippen LogP contribution in [0.2, 0.25) is 0 Å². The summed E-state index contributed by atoms with van der Waals surface area (Å²) in [5.41, 5.74) is -1.09. The molecule has 0 aliphatic carbocycles. The first-order valence-corrected chi connectivity index (χ1v) is 4.43. The molecule has 0 fully saturated rings. The molecule has 0 radical (unpaired) electrons. The lowest BCUT2D eigenvalue weighted by atomic mass is 10.1. The molecule has 0 aromatic heterocycles. The fourth-order valence-corrected chi connectivity index (χ4v) is 1.23. The van der Waals surface area contributed by atoms with Crippen LogP contribution in [0, 0.1) is 29.1 Å². The van der Waals surface area contributed by atoms with Crippen LogP contribution in [0.5, 0.6) is 0 Å². The van der Waals surface area contributed by atoms with Gasteiger partial charge in [0.2, 0.25) is 5.82 Å². The molecule has 88 valence electrons. The molecule has 16 heavy (non-hydrogen) atoms. The Morgan fingerprint density at radius 1 is 0.938 bits per heavy atom. The van der Waals surface area contributed by atoms with Gasteiger partial charge in [-0.2, -0.15) is 0 Å². The second-order valence-electron chi connectivity index (χ2n) is 2.90. The third kappa shape index (κ3) is 2.16. The van der Waals surface area contributed by atoms with E-state index in [-0.39, 0.29) is 6.29 Å². The monoisotopic (exact) mass is 258 g/mol. The van der Waals surface area contributed by atoms with E-state index in [0.29, 0.717) is 0 Å². The molecule has 1 nitrogen and oxygen atoms in total. The first-order chi connectivity index (χ1) is 7.40. The van der Waals surface area contributed by atoms with Crippen molar-refractivity contribution in [3.8, 4) is 0 Å². The summed E-state index contributed by atoms with van der Waals surface area (Å²) in [5, 5.41) is -1.35. The van der Waals surface area contributed by atoms with Gasteiger partial charge in [-0.25, -0.2) is 22.0 Å². The number of aldehydes is 1. The van der Waals surface area contributed by atoms with Crippen LogP contribution in [0.4, 0.5) is 22.0 Å². The van der Waals surface area contributed by atoms with Crippen LogP contribution in [0.25, 0.3) is 0 Å². The van der Waals surface area contributed by atoms with Crippen molar-refractivity contribution < 1.29 is 26.7 Å². The lowest BCUT2D eigenvalue weighted by Crippen LogP contribution is -2.13. The predicted octanol–water partition coefficient (Wildman–Crippen LogP) is 2.73. The van der Waals surface area contributed by atoms with E-state index in [1.54, 1.807) is 0 Å². The highest BCUT2D eigenvalue weighted by Crippen LogP contribution is 2.24. The third-order valence-corrected chi connectivity index (χ3v) is 2.10. The molecule has 1 aromatic rings. The zero-order valence-corrected chi connectivity index (χ0v) is 8.29. The zero-order chi connectivity index (χ0) is 12.5. The highest BCUT2D eigenvalue weighted by molar-refractivity contribution is 6.27. The van der Waals surface area contributed by atoms with Crippen LogP contribution >= 0.6 is 11.6 Å². The van der Waals surface area contributed by atoms with Gasteiger partial charge in [-0.3, -0.25) is 0 Å². The minimum Gasteiger partial charge on any atom is -0.302 e. The number of hydrogen-bond donors (Lipinski definition) is 0. The van der Waals surface area contributed by atoms with Gasteiger partial charge < -0.3 is 4.79 Å². The number of carbonyl (C=O) groups excluding carboxylic acids is 1. The van der Waals surface area contributed by atoms with Crippen molar-refractivity contribution in [1.82, 2.24) is 0 Å². The Morgan fingerprint density at radius 2 is 1.31 bits per heavy atom. The number of benzene rings is 1. The molecule has 0 amide bonds. The van der Waals surface area contributed by atoms with Gasteiger partial charge in [-0.1, -0.05) is 0 Å².